The van der Waals surface area contributed by atoms with Gasteiger partial charge in [0.05, 0.1) is 19.4 Å². The number of H-pyrrole nitrogens is 1. The van der Waals surface area contributed by atoms with Crippen LogP contribution in [0.4, 0.5) is 5.82 Å². The number of imidazole rings is 1. The normalized spacial score (nSPS) is 14.0. The predicted octanol–water partition coefficient (Wildman–Crippen LogP) is 1.88. The van der Waals surface area contributed by atoms with E-state index in [9.17, 15) is 4.79 Å². The SMILES string of the molecule is Cc1ccc(CN(C(=O)CN(C)c2ncnc3nc[nH]c23)C2CC2)o1. The lowest BCUT2D eigenvalue weighted by Crippen LogP contribution is -2.40. The molecule has 1 amide bonds. The van der Waals surface area contributed by atoms with E-state index in [1.807, 2.05) is 35.9 Å². The number of aromatic nitrogens is 4. The number of nitrogens with zero attached hydrogens (tertiary/aromatic N) is 5. The van der Waals surface area contributed by atoms with Crippen LogP contribution in [0.5, 0.6) is 0 Å². The molecule has 0 bridgehead atoms. The Morgan fingerprint density at radius 1 is 1.32 bits per heavy atom. The molecule has 130 valence electrons. The van der Waals surface area contributed by atoms with Crippen LogP contribution in [0.25, 0.3) is 11.2 Å². The van der Waals surface area contributed by atoms with E-state index in [2.05, 4.69) is 19.9 Å². The summed E-state index contributed by atoms with van der Waals surface area (Å²) < 4.78 is 5.64. The fourth-order valence-electron chi connectivity index (χ4n) is 2.96. The van der Waals surface area contributed by atoms with Gasteiger partial charge in [-0.1, -0.05) is 0 Å². The highest BCUT2D eigenvalue weighted by Gasteiger charge is 2.33. The molecule has 25 heavy (non-hydrogen) atoms. The number of hydrogen-bond acceptors (Lipinski definition) is 6. The number of furan rings is 1. The van der Waals surface area contributed by atoms with Gasteiger partial charge < -0.3 is 19.2 Å². The molecule has 0 aliphatic heterocycles. The van der Waals surface area contributed by atoms with Crippen molar-refractivity contribution in [3.05, 3.63) is 36.3 Å². The van der Waals surface area contributed by atoms with Crippen LogP contribution in [-0.4, -0.2) is 50.4 Å². The standard InChI is InChI=1S/C17H20N6O2/c1-11-3-6-13(25-11)7-23(12-4-5-12)14(24)8-22(2)17-15-16(19-9-18-15)20-10-21-17/h3,6,9-10,12H,4-5,7-8H2,1-2H3,(H,18,19,20,21). The molecule has 8 nitrogen and oxygen atoms in total. The molecular weight excluding hydrogens is 320 g/mol. The van der Waals surface area contributed by atoms with Crippen molar-refractivity contribution in [3.63, 3.8) is 0 Å². The molecule has 1 aliphatic carbocycles. The first kappa shape index (κ1) is 15.6. The average Bonchev–Trinajstić information content (AvgIpc) is 3.16. The third-order valence-electron chi connectivity index (χ3n) is 4.37. The fraction of sp³-hybridized carbons (Fsp3) is 0.412. The smallest absolute Gasteiger partial charge is 0.242 e. The third kappa shape index (κ3) is 3.19. The Hall–Kier alpha value is -2.90. The van der Waals surface area contributed by atoms with Gasteiger partial charge in [-0.05, 0) is 31.9 Å². The molecule has 1 aliphatic rings. The zero-order valence-corrected chi connectivity index (χ0v) is 14.3. The van der Waals surface area contributed by atoms with E-state index >= 15 is 0 Å². The summed E-state index contributed by atoms with van der Waals surface area (Å²) in [6, 6.07) is 4.16. The quantitative estimate of drug-likeness (QED) is 0.737. The van der Waals surface area contributed by atoms with Crippen molar-refractivity contribution >= 4 is 22.9 Å². The predicted molar refractivity (Wildman–Crippen MR) is 92.0 cm³/mol. The second-order valence-electron chi connectivity index (χ2n) is 6.42. The number of amides is 1. The molecule has 1 N–H and O–H groups in total. The molecule has 3 aromatic rings. The van der Waals surface area contributed by atoms with Crippen LogP contribution in [0.2, 0.25) is 0 Å². The molecule has 0 atom stereocenters. The summed E-state index contributed by atoms with van der Waals surface area (Å²) in [7, 11) is 1.85. The van der Waals surface area contributed by atoms with E-state index in [0.717, 1.165) is 29.9 Å². The maximum Gasteiger partial charge on any atom is 0.242 e. The number of hydrogen-bond donors (Lipinski definition) is 1. The summed E-state index contributed by atoms with van der Waals surface area (Å²) in [5.74, 6) is 2.40. The maximum atomic E-state index is 12.9. The lowest BCUT2D eigenvalue weighted by Gasteiger charge is -2.25. The number of aryl methyl sites for hydroxylation is 1. The van der Waals surface area contributed by atoms with Crippen molar-refractivity contribution in [1.29, 1.82) is 0 Å². The minimum atomic E-state index is 0.0605. The first-order valence-electron chi connectivity index (χ1n) is 8.32. The van der Waals surface area contributed by atoms with E-state index in [1.165, 1.54) is 6.33 Å². The number of rotatable bonds is 6. The Kier molecular flexibility index (Phi) is 3.87. The second kappa shape index (κ2) is 6.19. The Morgan fingerprint density at radius 2 is 2.16 bits per heavy atom. The molecule has 1 saturated carbocycles. The zero-order chi connectivity index (χ0) is 17.4. The number of anilines is 1. The van der Waals surface area contributed by atoms with Crippen LogP contribution in [0.15, 0.2) is 29.2 Å². The number of carbonyl (C=O) groups excluding carboxylic acids is 1. The summed E-state index contributed by atoms with van der Waals surface area (Å²) >= 11 is 0. The minimum absolute atomic E-state index is 0.0605. The minimum Gasteiger partial charge on any atom is -0.464 e. The lowest BCUT2D eigenvalue weighted by atomic mass is 10.3. The van der Waals surface area contributed by atoms with Crippen molar-refractivity contribution in [2.45, 2.75) is 32.4 Å². The Morgan fingerprint density at radius 3 is 2.88 bits per heavy atom. The van der Waals surface area contributed by atoms with Gasteiger partial charge in [0.1, 0.15) is 23.4 Å². The van der Waals surface area contributed by atoms with Crippen LogP contribution in [-0.2, 0) is 11.3 Å². The number of nitrogens with one attached hydrogen (secondary N) is 1. The fourth-order valence-corrected chi connectivity index (χ4v) is 2.96. The summed E-state index contributed by atoms with van der Waals surface area (Å²) in [4.78, 5) is 32.2. The monoisotopic (exact) mass is 340 g/mol. The second-order valence-corrected chi connectivity index (χ2v) is 6.42. The molecule has 8 heteroatoms. The summed E-state index contributed by atoms with van der Waals surface area (Å²) in [6.07, 6.45) is 5.14. The van der Waals surface area contributed by atoms with Crippen LogP contribution in [0.1, 0.15) is 24.4 Å². The summed E-state index contributed by atoms with van der Waals surface area (Å²) in [6.45, 7) is 2.65. The van der Waals surface area contributed by atoms with Crippen molar-refractivity contribution < 1.29 is 9.21 Å². The van der Waals surface area contributed by atoms with E-state index in [-0.39, 0.29) is 12.5 Å². The first-order chi connectivity index (χ1) is 12.1. The van der Waals surface area contributed by atoms with Crippen molar-refractivity contribution in [2.24, 2.45) is 0 Å². The van der Waals surface area contributed by atoms with Gasteiger partial charge in [0.25, 0.3) is 0 Å². The molecule has 0 aromatic carbocycles. The number of carbonyl (C=O) groups is 1. The van der Waals surface area contributed by atoms with Gasteiger partial charge in [-0.15, -0.1) is 0 Å². The average molecular weight is 340 g/mol. The Balaban J connectivity index is 1.50. The summed E-state index contributed by atoms with van der Waals surface area (Å²) in [5.41, 5.74) is 1.33. The highest BCUT2D eigenvalue weighted by atomic mass is 16.3. The Labute approximate surface area is 144 Å². The number of likely N-dealkylation sites (N-methyl/N-ethyl adjacent to an activating group) is 1. The molecule has 4 rings (SSSR count). The Bertz CT molecular complexity index is 897. The van der Waals surface area contributed by atoms with Gasteiger partial charge >= 0.3 is 0 Å². The number of fused-ring (bicyclic) bond motifs is 1. The molecule has 3 aromatic heterocycles. The van der Waals surface area contributed by atoms with Gasteiger partial charge in [-0.2, -0.15) is 0 Å². The maximum absolute atomic E-state index is 12.9. The van der Waals surface area contributed by atoms with Crippen molar-refractivity contribution in [1.82, 2.24) is 24.8 Å². The van der Waals surface area contributed by atoms with Gasteiger partial charge in [0.2, 0.25) is 5.91 Å². The largest absolute Gasteiger partial charge is 0.464 e. The molecule has 1 fully saturated rings. The molecule has 0 radical (unpaired) electrons. The lowest BCUT2D eigenvalue weighted by molar-refractivity contribution is -0.131. The molecule has 0 spiro atoms. The molecule has 3 heterocycles. The van der Waals surface area contributed by atoms with E-state index in [0.29, 0.717) is 24.1 Å². The van der Waals surface area contributed by atoms with Gasteiger partial charge in [0.15, 0.2) is 11.5 Å². The van der Waals surface area contributed by atoms with E-state index in [1.54, 1.807) is 6.33 Å². The third-order valence-corrected chi connectivity index (χ3v) is 4.37. The van der Waals surface area contributed by atoms with E-state index < -0.39 is 0 Å². The molecule has 0 saturated heterocycles. The topological polar surface area (TPSA) is 91.2 Å². The van der Waals surface area contributed by atoms with Crippen LogP contribution in [0.3, 0.4) is 0 Å². The van der Waals surface area contributed by atoms with Gasteiger partial charge in [-0.25, -0.2) is 15.0 Å². The van der Waals surface area contributed by atoms with Crippen molar-refractivity contribution in [2.75, 3.05) is 18.5 Å². The van der Waals surface area contributed by atoms with E-state index in [4.69, 9.17) is 4.42 Å². The number of aromatic amines is 1. The van der Waals surface area contributed by atoms with Crippen LogP contribution >= 0.6 is 0 Å². The molecular formula is C17H20N6O2. The van der Waals surface area contributed by atoms with Gasteiger partial charge in [0, 0.05) is 13.1 Å². The summed E-state index contributed by atoms with van der Waals surface area (Å²) in [5, 5.41) is 0. The van der Waals surface area contributed by atoms with Crippen LogP contribution in [0, 0.1) is 6.92 Å². The molecule has 0 unspecified atom stereocenters. The highest BCUT2D eigenvalue weighted by molar-refractivity contribution is 5.87. The first-order valence-corrected chi connectivity index (χ1v) is 8.32. The zero-order valence-electron chi connectivity index (χ0n) is 14.3. The van der Waals surface area contributed by atoms with Gasteiger partial charge in [-0.3, -0.25) is 4.79 Å². The van der Waals surface area contributed by atoms with Crippen LogP contribution < -0.4 is 4.90 Å². The highest BCUT2D eigenvalue weighted by Crippen LogP contribution is 2.29. The van der Waals surface area contributed by atoms with Crippen molar-refractivity contribution in [3.8, 4) is 0 Å².